The largest absolute Gasteiger partial charge is 0.481 e. The predicted octanol–water partition coefficient (Wildman–Crippen LogP) is 0.848. The van der Waals surface area contributed by atoms with Crippen LogP contribution < -0.4 is 4.90 Å². The lowest BCUT2D eigenvalue weighted by atomic mass is 10.3. The third-order valence-corrected chi connectivity index (χ3v) is 4.57. The van der Waals surface area contributed by atoms with Crippen LogP contribution in [0, 0.1) is 0 Å². The highest BCUT2D eigenvalue weighted by molar-refractivity contribution is 7.89. The lowest BCUT2D eigenvalue weighted by Gasteiger charge is -2.17. The first-order chi connectivity index (χ1) is 8.75. The van der Waals surface area contributed by atoms with Crippen molar-refractivity contribution in [2.45, 2.75) is 11.3 Å². The van der Waals surface area contributed by atoms with Gasteiger partial charge in [0.15, 0.2) is 0 Å². The van der Waals surface area contributed by atoms with Crippen LogP contribution >= 0.6 is 0 Å². The van der Waals surface area contributed by atoms with Crippen LogP contribution in [0.4, 0.5) is 5.69 Å². The van der Waals surface area contributed by atoms with E-state index in [1.54, 1.807) is 12.1 Å². The summed E-state index contributed by atoms with van der Waals surface area (Å²) in [6, 6.07) is 6.44. The fourth-order valence-corrected chi connectivity index (χ4v) is 2.64. The molecule has 19 heavy (non-hydrogen) atoms. The van der Waals surface area contributed by atoms with E-state index < -0.39 is 16.0 Å². The maximum absolute atomic E-state index is 12.1. The molecular weight excluding hydrogens is 268 g/mol. The molecule has 0 heterocycles. The number of anilines is 1. The monoisotopic (exact) mass is 286 g/mol. The first-order valence-electron chi connectivity index (χ1n) is 5.70. The second kappa shape index (κ2) is 6.03. The van der Waals surface area contributed by atoms with Gasteiger partial charge in [0, 0.05) is 33.4 Å². The highest BCUT2D eigenvalue weighted by Crippen LogP contribution is 2.18. The molecule has 6 nitrogen and oxygen atoms in total. The highest BCUT2D eigenvalue weighted by Gasteiger charge is 2.21. The second-order valence-electron chi connectivity index (χ2n) is 4.36. The molecule has 0 amide bonds. The van der Waals surface area contributed by atoms with E-state index in [1.165, 1.54) is 19.2 Å². The summed E-state index contributed by atoms with van der Waals surface area (Å²) < 4.78 is 25.3. The minimum atomic E-state index is -3.63. The SMILES string of the molecule is CN(C)c1ccc(S(=O)(=O)N(C)CCC(=O)O)cc1. The zero-order valence-electron chi connectivity index (χ0n) is 11.2. The Morgan fingerprint density at radius 2 is 1.68 bits per heavy atom. The molecule has 1 rings (SSSR count). The maximum atomic E-state index is 12.1. The maximum Gasteiger partial charge on any atom is 0.304 e. The molecule has 0 atom stereocenters. The first-order valence-corrected chi connectivity index (χ1v) is 7.14. The highest BCUT2D eigenvalue weighted by atomic mass is 32.2. The first kappa shape index (κ1) is 15.5. The van der Waals surface area contributed by atoms with Gasteiger partial charge in [0.25, 0.3) is 0 Å². The van der Waals surface area contributed by atoms with E-state index in [4.69, 9.17) is 5.11 Å². The van der Waals surface area contributed by atoms with Crippen LogP contribution in [0.3, 0.4) is 0 Å². The smallest absolute Gasteiger partial charge is 0.304 e. The summed E-state index contributed by atoms with van der Waals surface area (Å²) in [5, 5.41) is 8.57. The quantitative estimate of drug-likeness (QED) is 0.838. The number of hydrogen-bond acceptors (Lipinski definition) is 4. The zero-order chi connectivity index (χ0) is 14.6. The fourth-order valence-electron chi connectivity index (χ4n) is 1.47. The van der Waals surface area contributed by atoms with Crippen molar-refractivity contribution in [3.05, 3.63) is 24.3 Å². The van der Waals surface area contributed by atoms with Crippen LogP contribution in [0.2, 0.25) is 0 Å². The minimum absolute atomic E-state index is 0.0485. The van der Waals surface area contributed by atoms with Gasteiger partial charge in [-0.05, 0) is 24.3 Å². The molecule has 1 aromatic carbocycles. The van der Waals surface area contributed by atoms with Gasteiger partial charge >= 0.3 is 5.97 Å². The van der Waals surface area contributed by atoms with Gasteiger partial charge in [-0.3, -0.25) is 4.79 Å². The normalized spacial score (nSPS) is 11.6. The van der Waals surface area contributed by atoms with E-state index >= 15 is 0 Å². The van der Waals surface area contributed by atoms with Gasteiger partial charge in [0.1, 0.15) is 0 Å². The molecule has 0 aliphatic heterocycles. The van der Waals surface area contributed by atoms with Gasteiger partial charge < -0.3 is 10.0 Å². The number of sulfonamides is 1. The zero-order valence-corrected chi connectivity index (χ0v) is 12.0. The van der Waals surface area contributed by atoms with Crippen molar-refractivity contribution in [3.63, 3.8) is 0 Å². The number of nitrogens with zero attached hydrogens (tertiary/aromatic N) is 2. The van der Waals surface area contributed by atoms with Gasteiger partial charge in [-0.25, -0.2) is 12.7 Å². The van der Waals surface area contributed by atoms with E-state index in [0.29, 0.717) is 0 Å². The van der Waals surface area contributed by atoms with Crippen molar-refractivity contribution in [1.29, 1.82) is 0 Å². The van der Waals surface area contributed by atoms with Crippen LogP contribution in [0.25, 0.3) is 0 Å². The summed E-state index contributed by atoms with van der Waals surface area (Å²) >= 11 is 0. The molecule has 0 bridgehead atoms. The average Bonchev–Trinajstić information content (AvgIpc) is 2.35. The van der Waals surface area contributed by atoms with Crippen LogP contribution in [0.1, 0.15) is 6.42 Å². The Balaban J connectivity index is 2.90. The van der Waals surface area contributed by atoms with E-state index in [-0.39, 0.29) is 17.9 Å². The molecule has 0 saturated carbocycles. The predicted molar refractivity (Wildman–Crippen MR) is 72.8 cm³/mol. The third-order valence-electron chi connectivity index (χ3n) is 2.70. The van der Waals surface area contributed by atoms with Crippen LogP contribution in [0.15, 0.2) is 29.2 Å². The summed E-state index contributed by atoms with van der Waals surface area (Å²) in [5.41, 5.74) is 0.895. The van der Waals surface area contributed by atoms with Crippen LogP contribution in [-0.2, 0) is 14.8 Å². The molecule has 1 aromatic rings. The molecule has 0 unspecified atom stereocenters. The molecule has 0 saturated heterocycles. The molecule has 0 fully saturated rings. The Morgan fingerprint density at radius 1 is 1.16 bits per heavy atom. The van der Waals surface area contributed by atoms with Gasteiger partial charge in [-0.2, -0.15) is 0 Å². The number of rotatable bonds is 6. The number of hydrogen-bond donors (Lipinski definition) is 1. The van der Waals surface area contributed by atoms with Gasteiger partial charge in [0.2, 0.25) is 10.0 Å². The van der Waals surface area contributed by atoms with E-state index in [0.717, 1.165) is 9.99 Å². The Hall–Kier alpha value is -1.60. The van der Waals surface area contributed by atoms with E-state index in [2.05, 4.69) is 0 Å². The Labute approximate surface area is 113 Å². The van der Waals surface area contributed by atoms with Crippen molar-refractivity contribution in [2.24, 2.45) is 0 Å². The molecule has 0 aliphatic carbocycles. The molecule has 0 spiro atoms. The summed E-state index contributed by atoms with van der Waals surface area (Å²) in [7, 11) is 1.47. The summed E-state index contributed by atoms with van der Waals surface area (Å²) in [5.74, 6) is -1.02. The molecule has 1 N–H and O–H groups in total. The Bertz CT molecular complexity index is 537. The van der Waals surface area contributed by atoms with Gasteiger partial charge in [-0.1, -0.05) is 0 Å². The number of carbonyl (C=O) groups is 1. The second-order valence-corrected chi connectivity index (χ2v) is 6.40. The van der Waals surface area contributed by atoms with Crippen LogP contribution in [-0.4, -0.2) is 51.5 Å². The fraction of sp³-hybridized carbons (Fsp3) is 0.417. The molecule has 106 valence electrons. The molecular formula is C12H18N2O4S. The van der Waals surface area contributed by atoms with Crippen molar-refractivity contribution in [1.82, 2.24) is 4.31 Å². The number of benzene rings is 1. The number of carboxylic acid groups (broad SMARTS) is 1. The summed E-state index contributed by atoms with van der Waals surface area (Å²) in [6.07, 6.45) is -0.217. The minimum Gasteiger partial charge on any atom is -0.481 e. The Morgan fingerprint density at radius 3 is 2.11 bits per heavy atom. The Kier molecular flexibility index (Phi) is 4.90. The van der Waals surface area contributed by atoms with Gasteiger partial charge in [0.05, 0.1) is 11.3 Å². The van der Waals surface area contributed by atoms with Crippen molar-refractivity contribution in [2.75, 3.05) is 32.6 Å². The van der Waals surface area contributed by atoms with Crippen LogP contribution in [0.5, 0.6) is 0 Å². The average molecular weight is 286 g/mol. The number of aliphatic carboxylic acids is 1. The molecule has 7 heteroatoms. The third kappa shape index (κ3) is 3.93. The van der Waals surface area contributed by atoms with E-state index in [9.17, 15) is 13.2 Å². The molecule has 0 radical (unpaired) electrons. The standard InChI is InChI=1S/C12H18N2O4S/c1-13(2)10-4-6-11(7-5-10)19(17,18)14(3)9-8-12(15)16/h4-7H,8-9H2,1-3H3,(H,15,16). The number of carboxylic acids is 1. The van der Waals surface area contributed by atoms with Crippen molar-refractivity contribution in [3.8, 4) is 0 Å². The summed E-state index contributed by atoms with van der Waals surface area (Å²) in [4.78, 5) is 12.5. The molecule has 0 aliphatic rings. The van der Waals surface area contributed by atoms with Crippen molar-refractivity contribution < 1.29 is 18.3 Å². The molecule has 0 aromatic heterocycles. The van der Waals surface area contributed by atoms with E-state index in [1.807, 2.05) is 19.0 Å². The van der Waals surface area contributed by atoms with Crippen molar-refractivity contribution >= 4 is 21.7 Å². The van der Waals surface area contributed by atoms with Gasteiger partial charge in [-0.15, -0.1) is 0 Å². The lowest BCUT2D eigenvalue weighted by Crippen LogP contribution is -2.29. The summed E-state index contributed by atoms with van der Waals surface area (Å²) in [6.45, 7) is -0.0485. The topological polar surface area (TPSA) is 77.9 Å². The lowest BCUT2D eigenvalue weighted by molar-refractivity contribution is -0.137.